The van der Waals surface area contributed by atoms with Gasteiger partial charge in [0.15, 0.2) is 11.6 Å². The lowest BCUT2D eigenvalue weighted by molar-refractivity contribution is 0.185. The van der Waals surface area contributed by atoms with Crippen molar-refractivity contribution in [2.45, 2.75) is 12.5 Å². The number of imidazole rings is 1. The lowest BCUT2D eigenvalue weighted by Crippen LogP contribution is -2.12. The van der Waals surface area contributed by atoms with Crippen molar-refractivity contribution in [1.29, 1.82) is 0 Å². The van der Waals surface area contributed by atoms with Crippen LogP contribution >= 0.6 is 0 Å². The second-order valence-electron chi connectivity index (χ2n) is 6.29. The van der Waals surface area contributed by atoms with Crippen LogP contribution in [-0.2, 0) is 4.74 Å². The van der Waals surface area contributed by atoms with Gasteiger partial charge in [0.2, 0.25) is 0 Å². The van der Waals surface area contributed by atoms with Gasteiger partial charge in [0, 0.05) is 31.3 Å². The molecule has 0 aliphatic carbocycles. The third-order valence-corrected chi connectivity index (χ3v) is 4.65. The van der Waals surface area contributed by atoms with E-state index in [1.807, 2.05) is 27.4 Å². The predicted octanol–water partition coefficient (Wildman–Crippen LogP) is 2.02. The molecule has 0 radical (unpaired) electrons. The van der Waals surface area contributed by atoms with Crippen LogP contribution in [0.5, 0.6) is 5.75 Å². The number of pyridine rings is 1. The van der Waals surface area contributed by atoms with Crippen LogP contribution in [0.2, 0.25) is 0 Å². The Hall–Kier alpha value is -3.33. The lowest BCUT2D eigenvalue weighted by Gasteiger charge is -2.11. The number of rotatable bonds is 4. The normalized spacial score (nSPS) is 16.9. The standard InChI is InChI=1S/C18H17N7O2/c1-26-14-2-4-24-15(9-21-16(24)6-14)18-22-17(12-7-19-11-20-8-12)23-25(18)13-3-5-27-10-13/h2,4,6-9,11,13H,3,5,10H2,1H3. The molecule has 1 atom stereocenters. The zero-order valence-electron chi connectivity index (χ0n) is 14.7. The van der Waals surface area contributed by atoms with Gasteiger partial charge in [-0.1, -0.05) is 0 Å². The molecular weight excluding hydrogens is 346 g/mol. The maximum Gasteiger partial charge on any atom is 0.184 e. The summed E-state index contributed by atoms with van der Waals surface area (Å²) >= 11 is 0. The number of hydrogen-bond acceptors (Lipinski definition) is 7. The first-order valence-corrected chi connectivity index (χ1v) is 8.64. The van der Waals surface area contributed by atoms with E-state index in [1.54, 1.807) is 25.7 Å². The second kappa shape index (κ2) is 6.44. The van der Waals surface area contributed by atoms with E-state index in [9.17, 15) is 0 Å². The molecule has 5 rings (SSSR count). The van der Waals surface area contributed by atoms with Crippen molar-refractivity contribution in [2.75, 3.05) is 20.3 Å². The molecule has 1 saturated heterocycles. The highest BCUT2D eigenvalue weighted by Crippen LogP contribution is 2.29. The maximum absolute atomic E-state index is 5.56. The van der Waals surface area contributed by atoms with Crippen LogP contribution < -0.4 is 4.74 Å². The summed E-state index contributed by atoms with van der Waals surface area (Å²) in [7, 11) is 1.64. The van der Waals surface area contributed by atoms with Crippen molar-refractivity contribution < 1.29 is 9.47 Å². The summed E-state index contributed by atoms with van der Waals surface area (Å²) in [6.07, 6.45) is 9.53. The van der Waals surface area contributed by atoms with Crippen LogP contribution in [0.15, 0.2) is 43.2 Å². The van der Waals surface area contributed by atoms with Crippen LogP contribution in [-0.4, -0.2) is 54.4 Å². The molecule has 9 nitrogen and oxygen atoms in total. The van der Waals surface area contributed by atoms with Crippen molar-refractivity contribution in [3.63, 3.8) is 0 Å². The van der Waals surface area contributed by atoms with Crippen molar-refractivity contribution >= 4 is 5.65 Å². The van der Waals surface area contributed by atoms with E-state index in [4.69, 9.17) is 19.6 Å². The molecule has 0 aromatic carbocycles. The number of aromatic nitrogens is 7. The first kappa shape index (κ1) is 15.9. The van der Waals surface area contributed by atoms with Crippen LogP contribution in [0.4, 0.5) is 0 Å². The average Bonchev–Trinajstić information content (AvgIpc) is 3.46. The van der Waals surface area contributed by atoms with Gasteiger partial charge in [0.1, 0.15) is 23.4 Å². The molecule has 0 saturated carbocycles. The van der Waals surface area contributed by atoms with Crippen molar-refractivity contribution in [3.8, 4) is 28.7 Å². The summed E-state index contributed by atoms with van der Waals surface area (Å²) in [5, 5.41) is 4.74. The summed E-state index contributed by atoms with van der Waals surface area (Å²) in [4.78, 5) is 17.4. The number of methoxy groups -OCH3 is 1. The second-order valence-corrected chi connectivity index (χ2v) is 6.29. The van der Waals surface area contributed by atoms with Gasteiger partial charge < -0.3 is 9.47 Å². The molecule has 1 unspecified atom stereocenters. The van der Waals surface area contributed by atoms with Crippen molar-refractivity contribution in [2.24, 2.45) is 0 Å². The van der Waals surface area contributed by atoms with Gasteiger partial charge in [-0.15, -0.1) is 5.10 Å². The molecule has 0 bridgehead atoms. The Labute approximate surface area is 154 Å². The number of nitrogens with zero attached hydrogens (tertiary/aromatic N) is 7. The van der Waals surface area contributed by atoms with E-state index >= 15 is 0 Å². The number of fused-ring (bicyclic) bond motifs is 1. The van der Waals surface area contributed by atoms with E-state index in [-0.39, 0.29) is 6.04 Å². The minimum absolute atomic E-state index is 0.134. The highest BCUT2D eigenvalue weighted by atomic mass is 16.5. The summed E-state index contributed by atoms with van der Waals surface area (Å²) < 4.78 is 14.8. The molecule has 27 heavy (non-hydrogen) atoms. The van der Waals surface area contributed by atoms with E-state index in [2.05, 4.69) is 15.0 Å². The average molecular weight is 363 g/mol. The zero-order chi connectivity index (χ0) is 18.2. The first-order chi connectivity index (χ1) is 13.3. The van der Waals surface area contributed by atoms with Crippen LogP contribution in [0.1, 0.15) is 12.5 Å². The maximum atomic E-state index is 5.56. The van der Waals surface area contributed by atoms with Crippen molar-refractivity contribution in [1.82, 2.24) is 34.1 Å². The van der Waals surface area contributed by atoms with E-state index in [1.165, 1.54) is 6.33 Å². The topological polar surface area (TPSA) is 92.2 Å². The largest absolute Gasteiger partial charge is 0.497 e. The van der Waals surface area contributed by atoms with Gasteiger partial charge in [-0.05, 0) is 12.5 Å². The quantitative estimate of drug-likeness (QED) is 0.548. The van der Waals surface area contributed by atoms with Gasteiger partial charge in [-0.3, -0.25) is 4.40 Å². The molecule has 4 aromatic rings. The third-order valence-electron chi connectivity index (χ3n) is 4.65. The minimum atomic E-state index is 0.134. The lowest BCUT2D eigenvalue weighted by atomic mass is 10.2. The molecule has 5 heterocycles. The molecule has 0 spiro atoms. The van der Waals surface area contributed by atoms with Crippen LogP contribution in [0, 0.1) is 0 Å². The highest BCUT2D eigenvalue weighted by molar-refractivity contribution is 5.62. The Kier molecular flexibility index (Phi) is 3.79. The Morgan fingerprint density at radius 1 is 1.22 bits per heavy atom. The smallest absolute Gasteiger partial charge is 0.184 e. The Morgan fingerprint density at radius 2 is 2.11 bits per heavy atom. The Balaban J connectivity index is 1.67. The van der Waals surface area contributed by atoms with Gasteiger partial charge in [0.25, 0.3) is 0 Å². The fraction of sp³-hybridized carbons (Fsp3) is 0.278. The fourth-order valence-electron chi connectivity index (χ4n) is 3.26. The molecule has 136 valence electrons. The number of ether oxygens (including phenoxy) is 2. The monoisotopic (exact) mass is 363 g/mol. The molecule has 1 aliphatic heterocycles. The van der Waals surface area contributed by atoms with E-state index in [0.29, 0.717) is 12.4 Å². The van der Waals surface area contributed by atoms with E-state index < -0.39 is 0 Å². The SMILES string of the molecule is COc1ccn2c(-c3nc(-c4cncnc4)nn3C3CCOC3)cnc2c1. The van der Waals surface area contributed by atoms with E-state index in [0.717, 1.165) is 41.5 Å². The molecule has 0 N–H and O–H groups in total. The van der Waals surface area contributed by atoms with Crippen LogP contribution in [0.25, 0.3) is 28.6 Å². The highest BCUT2D eigenvalue weighted by Gasteiger charge is 2.26. The van der Waals surface area contributed by atoms with Crippen LogP contribution in [0.3, 0.4) is 0 Å². The van der Waals surface area contributed by atoms with Gasteiger partial charge in [0.05, 0.1) is 31.5 Å². The molecular formula is C18H17N7O2. The number of hydrogen-bond donors (Lipinski definition) is 0. The molecule has 0 amide bonds. The Bertz CT molecular complexity index is 1080. The molecule has 1 fully saturated rings. The summed E-state index contributed by atoms with van der Waals surface area (Å²) in [5.41, 5.74) is 2.41. The molecule has 9 heteroatoms. The fourth-order valence-corrected chi connectivity index (χ4v) is 3.26. The minimum Gasteiger partial charge on any atom is -0.497 e. The predicted molar refractivity (Wildman–Crippen MR) is 96.3 cm³/mol. The zero-order valence-corrected chi connectivity index (χ0v) is 14.7. The summed E-state index contributed by atoms with van der Waals surface area (Å²) in [6, 6.07) is 3.91. The summed E-state index contributed by atoms with van der Waals surface area (Å²) in [6.45, 7) is 1.34. The Morgan fingerprint density at radius 3 is 2.89 bits per heavy atom. The van der Waals surface area contributed by atoms with Crippen molar-refractivity contribution in [3.05, 3.63) is 43.2 Å². The molecule has 1 aliphatic rings. The first-order valence-electron chi connectivity index (χ1n) is 8.64. The van der Waals surface area contributed by atoms with Gasteiger partial charge in [-0.2, -0.15) is 0 Å². The van der Waals surface area contributed by atoms with Gasteiger partial charge >= 0.3 is 0 Å². The third kappa shape index (κ3) is 2.72. The molecule has 4 aromatic heterocycles. The summed E-state index contributed by atoms with van der Waals surface area (Å²) in [5.74, 6) is 2.08. The van der Waals surface area contributed by atoms with Gasteiger partial charge in [-0.25, -0.2) is 24.6 Å².